The molecule has 1 N–H and O–H groups in total. The van der Waals surface area contributed by atoms with Gasteiger partial charge in [-0.15, -0.1) is 0 Å². The maximum Gasteiger partial charge on any atom is 0.274 e. The number of carbonyl (C=O) groups is 1. The van der Waals surface area contributed by atoms with Crippen molar-refractivity contribution in [3.05, 3.63) is 88.3 Å². The van der Waals surface area contributed by atoms with E-state index in [4.69, 9.17) is 4.74 Å². The Labute approximate surface area is 165 Å². The van der Waals surface area contributed by atoms with Gasteiger partial charge in [0.15, 0.2) is 10.9 Å². The summed E-state index contributed by atoms with van der Waals surface area (Å²) >= 11 is 1.38. The van der Waals surface area contributed by atoms with Crippen LogP contribution in [0, 0.1) is 0 Å². The number of rotatable bonds is 5. The van der Waals surface area contributed by atoms with Gasteiger partial charge in [-0.2, -0.15) is 0 Å². The van der Waals surface area contributed by atoms with Crippen molar-refractivity contribution in [2.75, 3.05) is 5.32 Å². The van der Waals surface area contributed by atoms with E-state index in [0.717, 1.165) is 15.8 Å². The van der Waals surface area contributed by atoms with Gasteiger partial charge in [-0.1, -0.05) is 53.8 Å². The second kappa shape index (κ2) is 7.66. The molecule has 1 amide bonds. The number of aryl methyl sites for hydroxylation is 1. The second-order valence-corrected chi connectivity index (χ2v) is 7.24. The molecular formula is C21H17N3O3S. The molecule has 0 radical (unpaired) electrons. The summed E-state index contributed by atoms with van der Waals surface area (Å²) in [4.78, 5) is 29.4. The molecule has 0 atom stereocenters. The highest BCUT2D eigenvalue weighted by Gasteiger charge is 2.15. The molecule has 2 heterocycles. The van der Waals surface area contributed by atoms with Gasteiger partial charge >= 0.3 is 0 Å². The van der Waals surface area contributed by atoms with Crippen LogP contribution in [0.5, 0.6) is 5.75 Å². The van der Waals surface area contributed by atoms with Crippen LogP contribution < -0.4 is 15.5 Å². The molecule has 0 saturated carbocycles. The molecule has 0 fully saturated rings. The lowest BCUT2D eigenvalue weighted by Crippen LogP contribution is -2.21. The molecule has 0 saturated heterocycles. The number of pyridine rings is 1. The Kier molecular flexibility index (Phi) is 4.90. The number of aromatic nitrogens is 2. The number of nitrogens with one attached hydrogen (secondary N) is 1. The van der Waals surface area contributed by atoms with Gasteiger partial charge in [0.1, 0.15) is 12.3 Å². The molecule has 7 heteroatoms. The number of benzene rings is 2. The number of amides is 1. The molecule has 0 aliphatic rings. The standard InChI is InChI=1S/C21H17N3O3S/c1-24-12-18(27-13-14-7-3-2-4-8-14)17(25)11-16(24)20(26)23-21-22-15-9-5-6-10-19(15)28-21/h2-12H,13H2,1H3,(H,22,23,26). The van der Waals surface area contributed by atoms with E-state index in [2.05, 4.69) is 10.3 Å². The van der Waals surface area contributed by atoms with E-state index in [-0.39, 0.29) is 23.5 Å². The van der Waals surface area contributed by atoms with Crippen LogP contribution in [-0.4, -0.2) is 15.5 Å². The fourth-order valence-corrected chi connectivity index (χ4v) is 3.62. The Bertz CT molecular complexity index is 1170. The molecular weight excluding hydrogens is 374 g/mol. The molecule has 140 valence electrons. The number of ether oxygens (including phenoxy) is 1. The number of thiazole rings is 1. The van der Waals surface area contributed by atoms with Crippen molar-refractivity contribution in [1.29, 1.82) is 0 Å². The molecule has 4 rings (SSSR count). The molecule has 0 unspecified atom stereocenters. The first-order valence-corrected chi connectivity index (χ1v) is 9.46. The minimum atomic E-state index is -0.395. The molecule has 4 aromatic rings. The summed E-state index contributed by atoms with van der Waals surface area (Å²) in [6.45, 7) is 0.285. The van der Waals surface area contributed by atoms with E-state index < -0.39 is 5.91 Å². The number of fused-ring (bicyclic) bond motifs is 1. The normalized spacial score (nSPS) is 10.8. The highest BCUT2D eigenvalue weighted by molar-refractivity contribution is 7.22. The topological polar surface area (TPSA) is 73.2 Å². The van der Waals surface area contributed by atoms with Crippen LogP contribution in [0.15, 0.2) is 71.7 Å². The summed E-state index contributed by atoms with van der Waals surface area (Å²) in [6.07, 6.45) is 1.53. The van der Waals surface area contributed by atoms with Crippen molar-refractivity contribution in [3.8, 4) is 5.75 Å². The minimum Gasteiger partial charge on any atom is -0.483 e. The second-order valence-electron chi connectivity index (χ2n) is 6.21. The van der Waals surface area contributed by atoms with Gasteiger partial charge in [0.2, 0.25) is 5.43 Å². The number of hydrogen-bond acceptors (Lipinski definition) is 5. The quantitative estimate of drug-likeness (QED) is 0.561. The zero-order valence-electron chi connectivity index (χ0n) is 15.1. The van der Waals surface area contributed by atoms with Crippen LogP contribution in [0.4, 0.5) is 5.13 Å². The fraction of sp³-hybridized carbons (Fsp3) is 0.0952. The largest absolute Gasteiger partial charge is 0.483 e. The highest BCUT2D eigenvalue weighted by Crippen LogP contribution is 2.25. The maximum absolute atomic E-state index is 12.6. The van der Waals surface area contributed by atoms with Gasteiger partial charge in [0, 0.05) is 13.1 Å². The predicted molar refractivity (Wildman–Crippen MR) is 110 cm³/mol. The lowest BCUT2D eigenvalue weighted by molar-refractivity contribution is 0.101. The van der Waals surface area contributed by atoms with Crippen LogP contribution in [0.1, 0.15) is 16.1 Å². The van der Waals surface area contributed by atoms with E-state index in [1.54, 1.807) is 11.6 Å². The van der Waals surface area contributed by atoms with Crippen molar-refractivity contribution in [1.82, 2.24) is 9.55 Å². The minimum absolute atomic E-state index is 0.197. The van der Waals surface area contributed by atoms with Crippen LogP contribution in [0.25, 0.3) is 10.2 Å². The Balaban J connectivity index is 1.52. The van der Waals surface area contributed by atoms with Gasteiger partial charge in [0.05, 0.1) is 16.4 Å². The van der Waals surface area contributed by atoms with Crippen molar-refractivity contribution in [2.45, 2.75) is 6.61 Å². The lowest BCUT2D eigenvalue weighted by Gasteiger charge is -2.11. The molecule has 0 bridgehead atoms. The predicted octanol–water partition coefficient (Wildman–Crippen LogP) is 3.83. The van der Waals surface area contributed by atoms with Gasteiger partial charge in [-0.25, -0.2) is 4.98 Å². The SMILES string of the molecule is Cn1cc(OCc2ccccc2)c(=O)cc1C(=O)Nc1nc2ccccc2s1. The Morgan fingerprint density at radius 3 is 2.68 bits per heavy atom. The third kappa shape index (κ3) is 3.79. The fourth-order valence-electron chi connectivity index (χ4n) is 2.76. The molecule has 28 heavy (non-hydrogen) atoms. The van der Waals surface area contributed by atoms with Gasteiger partial charge in [0.25, 0.3) is 5.91 Å². The third-order valence-corrected chi connectivity index (χ3v) is 5.14. The average molecular weight is 391 g/mol. The number of carbonyl (C=O) groups excluding carboxylic acids is 1. The zero-order chi connectivity index (χ0) is 19.5. The third-order valence-electron chi connectivity index (χ3n) is 4.19. The average Bonchev–Trinajstić information content (AvgIpc) is 3.11. The van der Waals surface area contributed by atoms with E-state index in [1.807, 2.05) is 54.6 Å². The first-order valence-electron chi connectivity index (χ1n) is 8.64. The van der Waals surface area contributed by atoms with E-state index >= 15 is 0 Å². The lowest BCUT2D eigenvalue weighted by atomic mass is 10.2. The summed E-state index contributed by atoms with van der Waals surface area (Å²) in [7, 11) is 1.70. The summed E-state index contributed by atoms with van der Waals surface area (Å²) in [5, 5.41) is 3.25. The molecule has 2 aromatic carbocycles. The number of para-hydroxylation sites is 1. The summed E-state index contributed by atoms with van der Waals surface area (Å²) in [6, 6.07) is 18.5. The van der Waals surface area contributed by atoms with Crippen LogP contribution >= 0.6 is 11.3 Å². The summed E-state index contributed by atoms with van der Waals surface area (Å²) < 4.78 is 8.18. The van der Waals surface area contributed by atoms with E-state index in [0.29, 0.717) is 5.13 Å². The molecule has 0 aliphatic carbocycles. The summed E-state index contributed by atoms with van der Waals surface area (Å²) in [5.41, 5.74) is 1.67. The monoisotopic (exact) mass is 391 g/mol. The van der Waals surface area contributed by atoms with Crippen molar-refractivity contribution in [2.24, 2.45) is 7.05 Å². The maximum atomic E-state index is 12.6. The van der Waals surface area contributed by atoms with Crippen LogP contribution in [-0.2, 0) is 13.7 Å². The van der Waals surface area contributed by atoms with Gasteiger partial charge in [-0.05, 0) is 17.7 Å². The Hall–Kier alpha value is -3.45. The van der Waals surface area contributed by atoms with E-state index in [1.165, 1.54) is 23.6 Å². The summed E-state index contributed by atoms with van der Waals surface area (Å²) in [5.74, 6) is -0.198. The van der Waals surface area contributed by atoms with Crippen LogP contribution in [0.2, 0.25) is 0 Å². The molecule has 2 aromatic heterocycles. The first kappa shape index (κ1) is 17.9. The molecule has 6 nitrogen and oxygen atoms in total. The highest BCUT2D eigenvalue weighted by atomic mass is 32.1. The zero-order valence-corrected chi connectivity index (χ0v) is 15.9. The van der Waals surface area contributed by atoms with Gasteiger partial charge < -0.3 is 9.30 Å². The smallest absolute Gasteiger partial charge is 0.274 e. The molecule has 0 spiro atoms. The van der Waals surface area contributed by atoms with Crippen molar-refractivity contribution < 1.29 is 9.53 Å². The molecule has 0 aliphatic heterocycles. The number of nitrogens with zero attached hydrogens (tertiary/aromatic N) is 2. The van der Waals surface area contributed by atoms with Gasteiger partial charge in [-0.3, -0.25) is 14.9 Å². The first-order chi connectivity index (χ1) is 13.6. The van der Waals surface area contributed by atoms with E-state index in [9.17, 15) is 9.59 Å². The number of anilines is 1. The Morgan fingerprint density at radius 1 is 1.14 bits per heavy atom. The Morgan fingerprint density at radius 2 is 1.89 bits per heavy atom. The van der Waals surface area contributed by atoms with Crippen LogP contribution in [0.3, 0.4) is 0 Å². The number of hydrogen-bond donors (Lipinski definition) is 1. The van der Waals surface area contributed by atoms with Crippen molar-refractivity contribution in [3.63, 3.8) is 0 Å². The van der Waals surface area contributed by atoms with Crippen molar-refractivity contribution >= 4 is 32.6 Å².